The number of halogens is 1. The predicted octanol–water partition coefficient (Wildman–Crippen LogP) is 1.94. The molecule has 1 aliphatic heterocycles. The Balaban J connectivity index is 2.05. The van der Waals surface area contributed by atoms with Crippen LogP contribution in [0.15, 0.2) is 24.3 Å². The van der Waals surface area contributed by atoms with Crippen LogP contribution < -0.4 is 5.32 Å². The Kier molecular flexibility index (Phi) is 4.32. The van der Waals surface area contributed by atoms with Gasteiger partial charge in [0.05, 0.1) is 0 Å². The lowest BCUT2D eigenvalue weighted by Gasteiger charge is -2.34. The molecule has 0 bridgehead atoms. The van der Waals surface area contributed by atoms with Crippen LogP contribution in [0.4, 0.5) is 4.39 Å². The molecule has 0 spiro atoms. The fourth-order valence-electron chi connectivity index (χ4n) is 2.49. The second kappa shape index (κ2) is 5.80. The molecule has 0 unspecified atom stereocenters. The molecule has 4 heteroatoms. The lowest BCUT2D eigenvalue weighted by atomic mass is 9.83. The maximum atomic E-state index is 12.9. The summed E-state index contributed by atoms with van der Waals surface area (Å²) in [6, 6.07) is 5.82. The summed E-state index contributed by atoms with van der Waals surface area (Å²) in [6.45, 7) is 8.55. The highest BCUT2D eigenvalue weighted by Crippen LogP contribution is 2.23. The molecule has 1 N–H and O–H groups in total. The Morgan fingerprint density at radius 2 is 1.84 bits per heavy atom. The van der Waals surface area contributed by atoms with Crippen molar-refractivity contribution in [2.75, 3.05) is 32.7 Å². The third-order valence-electron chi connectivity index (χ3n) is 3.55. The SMILES string of the molecule is CC(C)(CN1CCNCC1)C(=O)c1ccc(F)cc1. The molecule has 104 valence electrons. The van der Waals surface area contributed by atoms with Gasteiger partial charge in [-0.25, -0.2) is 4.39 Å². The Bertz CT molecular complexity index is 436. The van der Waals surface area contributed by atoms with Gasteiger partial charge in [0.2, 0.25) is 0 Å². The fourth-order valence-corrected chi connectivity index (χ4v) is 2.49. The maximum absolute atomic E-state index is 12.9. The second-order valence-electron chi connectivity index (χ2n) is 5.75. The van der Waals surface area contributed by atoms with E-state index >= 15 is 0 Å². The zero-order valence-electron chi connectivity index (χ0n) is 11.6. The first-order valence-corrected chi connectivity index (χ1v) is 6.72. The molecule has 1 fully saturated rings. The minimum atomic E-state index is -0.449. The number of hydrogen-bond acceptors (Lipinski definition) is 3. The zero-order chi connectivity index (χ0) is 13.9. The molecule has 1 aromatic carbocycles. The van der Waals surface area contributed by atoms with E-state index in [0.29, 0.717) is 5.56 Å². The van der Waals surface area contributed by atoms with Crippen molar-refractivity contribution in [1.82, 2.24) is 10.2 Å². The predicted molar refractivity (Wildman–Crippen MR) is 73.8 cm³/mol. The topological polar surface area (TPSA) is 32.3 Å². The Labute approximate surface area is 113 Å². The Morgan fingerprint density at radius 1 is 1.26 bits per heavy atom. The van der Waals surface area contributed by atoms with Crippen LogP contribution in [0.25, 0.3) is 0 Å². The third kappa shape index (κ3) is 3.61. The van der Waals surface area contributed by atoms with Crippen molar-refractivity contribution in [1.29, 1.82) is 0 Å². The van der Waals surface area contributed by atoms with Crippen molar-refractivity contribution in [3.8, 4) is 0 Å². The minimum absolute atomic E-state index is 0.0750. The van der Waals surface area contributed by atoms with Gasteiger partial charge >= 0.3 is 0 Å². The van der Waals surface area contributed by atoms with Crippen molar-refractivity contribution < 1.29 is 9.18 Å². The lowest BCUT2D eigenvalue weighted by Crippen LogP contribution is -2.48. The van der Waals surface area contributed by atoms with Crippen molar-refractivity contribution >= 4 is 5.78 Å². The largest absolute Gasteiger partial charge is 0.314 e. The number of carbonyl (C=O) groups excluding carboxylic acids is 1. The summed E-state index contributed by atoms with van der Waals surface area (Å²) in [5.74, 6) is -0.234. The standard InChI is InChI=1S/C15H21FN2O/c1-15(2,11-18-9-7-17-8-10-18)14(19)12-3-5-13(16)6-4-12/h3-6,17H,7-11H2,1-2H3. The van der Waals surface area contributed by atoms with Gasteiger partial charge in [0, 0.05) is 43.7 Å². The van der Waals surface area contributed by atoms with Gasteiger partial charge in [-0.1, -0.05) is 13.8 Å². The van der Waals surface area contributed by atoms with E-state index in [1.54, 1.807) is 12.1 Å². The van der Waals surface area contributed by atoms with Crippen LogP contribution in [-0.4, -0.2) is 43.4 Å². The number of carbonyl (C=O) groups is 1. The Hall–Kier alpha value is -1.26. The molecule has 2 rings (SSSR count). The van der Waals surface area contributed by atoms with Gasteiger partial charge in [-0.2, -0.15) is 0 Å². The molecular weight excluding hydrogens is 243 g/mol. The number of benzene rings is 1. The summed E-state index contributed by atoms with van der Waals surface area (Å²) in [4.78, 5) is 14.8. The Morgan fingerprint density at radius 3 is 2.42 bits per heavy atom. The molecule has 0 amide bonds. The molecule has 0 aliphatic carbocycles. The molecule has 0 aromatic heterocycles. The number of nitrogens with zero attached hydrogens (tertiary/aromatic N) is 1. The highest BCUT2D eigenvalue weighted by Gasteiger charge is 2.31. The van der Waals surface area contributed by atoms with Crippen LogP contribution in [0, 0.1) is 11.2 Å². The summed E-state index contributed by atoms with van der Waals surface area (Å²) in [5, 5.41) is 3.30. The van der Waals surface area contributed by atoms with E-state index in [2.05, 4.69) is 10.2 Å². The molecule has 0 atom stereocenters. The normalized spacial score (nSPS) is 17.4. The first-order chi connectivity index (χ1) is 8.99. The number of Topliss-reactive ketones (excluding diaryl/α,β-unsaturated/α-hetero) is 1. The number of hydrogen-bond donors (Lipinski definition) is 1. The summed E-state index contributed by atoms with van der Waals surface area (Å²) >= 11 is 0. The van der Waals surface area contributed by atoms with Gasteiger partial charge in [0.15, 0.2) is 5.78 Å². The molecule has 1 aliphatic rings. The van der Waals surface area contributed by atoms with E-state index in [-0.39, 0.29) is 11.6 Å². The highest BCUT2D eigenvalue weighted by molar-refractivity contribution is 6.00. The summed E-state index contributed by atoms with van der Waals surface area (Å²) in [7, 11) is 0. The first kappa shape index (κ1) is 14.2. The van der Waals surface area contributed by atoms with Crippen molar-refractivity contribution in [3.05, 3.63) is 35.6 Å². The van der Waals surface area contributed by atoms with Gasteiger partial charge in [-0.3, -0.25) is 9.69 Å². The lowest BCUT2D eigenvalue weighted by molar-refractivity contribution is 0.0752. The summed E-state index contributed by atoms with van der Waals surface area (Å²) in [6.07, 6.45) is 0. The third-order valence-corrected chi connectivity index (χ3v) is 3.55. The number of piperazine rings is 1. The molecule has 19 heavy (non-hydrogen) atoms. The van der Waals surface area contributed by atoms with Gasteiger partial charge in [-0.15, -0.1) is 0 Å². The van der Waals surface area contributed by atoms with E-state index < -0.39 is 5.41 Å². The number of ketones is 1. The molecule has 1 aromatic rings. The number of rotatable bonds is 4. The van der Waals surface area contributed by atoms with Gasteiger partial charge in [0.1, 0.15) is 5.82 Å². The minimum Gasteiger partial charge on any atom is -0.314 e. The molecule has 1 heterocycles. The average Bonchev–Trinajstić information content (AvgIpc) is 2.39. The summed E-state index contributed by atoms with van der Waals surface area (Å²) < 4.78 is 12.9. The van der Waals surface area contributed by atoms with E-state index in [1.807, 2.05) is 13.8 Å². The second-order valence-corrected chi connectivity index (χ2v) is 5.75. The van der Waals surface area contributed by atoms with Crippen LogP contribution in [0.5, 0.6) is 0 Å². The maximum Gasteiger partial charge on any atom is 0.169 e. The van der Waals surface area contributed by atoms with E-state index in [0.717, 1.165) is 32.7 Å². The highest BCUT2D eigenvalue weighted by atomic mass is 19.1. The molecule has 3 nitrogen and oxygen atoms in total. The van der Waals surface area contributed by atoms with Crippen molar-refractivity contribution in [2.24, 2.45) is 5.41 Å². The van der Waals surface area contributed by atoms with Crippen molar-refractivity contribution in [3.63, 3.8) is 0 Å². The molecule has 0 saturated carbocycles. The molecular formula is C15H21FN2O. The first-order valence-electron chi connectivity index (χ1n) is 6.72. The molecule has 1 saturated heterocycles. The van der Waals surface area contributed by atoms with Crippen LogP contribution in [0.3, 0.4) is 0 Å². The van der Waals surface area contributed by atoms with Gasteiger partial charge < -0.3 is 5.32 Å². The van der Waals surface area contributed by atoms with Gasteiger partial charge in [0.25, 0.3) is 0 Å². The molecule has 0 radical (unpaired) electrons. The average molecular weight is 264 g/mol. The van der Waals surface area contributed by atoms with Crippen LogP contribution in [0.2, 0.25) is 0 Å². The van der Waals surface area contributed by atoms with E-state index in [1.165, 1.54) is 12.1 Å². The fraction of sp³-hybridized carbons (Fsp3) is 0.533. The number of nitrogens with one attached hydrogen (secondary N) is 1. The van der Waals surface area contributed by atoms with Gasteiger partial charge in [-0.05, 0) is 24.3 Å². The monoisotopic (exact) mass is 264 g/mol. The smallest absolute Gasteiger partial charge is 0.169 e. The van der Waals surface area contributed by atoms with E-state index in [4.69, 9.17) is 0 Å². The van der Waals surface area contributed by atoms with Crippen molar-refractivity contribution in [2.45, 2.75) is 13.8 Å². The van der Waals surface area contributed by atoms with E-state index in [9.17, 15) is 9.18 Å². The van der Waals surface area contributed by atoms with Crippen LogP contribution in [0.1, 0.15) is 24.2 Å². The van der Waals surface area contributed by atoms with Crippen LogP contribution >= 0.6 is 0 Å². The van der Waals surface area contributed by atoms with Crippen LogP contribution in [-0.2, 0) is 0 Å². The zero-order valence-corrected chi connectivity index (χ0v) is 11.6. The quantitative estimate of drug-likeness (QED) is 0.844. The summed E-state index contributed by atoms with van der Waals surface area (Å²) in [5.41, 5.74) is 0.136.